The number of nitrogens with zero attached hydrogens (tertiary/aromatic N) is 3. The number of rotatable bonds is 12. The Morgan fingerprint density at radius 1 is 1.21 bits per heavy atom. The van der Waals surface area contributed by atoms with Gasteiger partial charge in [-0.15, -0.1) is 4.37 Å². The van der Waals surface area contributed by atoms with Gasteiger partial charge in [-0.1, -0.05) is 62.6 Å². The van der Waals surface area contributed by atoms with Crippen LogP contribution in [0.5, 0.6) is 5.88 Å². The molecule has 0 spiro atoms. The van der Waals surface area contributed by atoms with E-state index in [1.54, 1.807) is 0 Å². The second-order valence-corrected chi connectivity index (χ2v) is 9.57. The largest absolute Gasteiger partial charge is 0.475 e. The lowest BCUT2D eigenvalue weighted by atomic mass is 10.0. The van der Waals surface area contributed by atoms with Gasteiger partial charge in [-0.05, 0) is 18.4 Å². The zero-order valence-electron chi connectivity index (χ0n) is 20.0. The van der Waals surface area contributed by atoms with Gasteiger partial charge in [0.2, 0.25) is 6.23 Å². The molecule has 3 atom stereocenters. The van der Waals surface area contributed by atoms with Crippen molar-refractivity contribution in [3.63, 3.8) is 0 Å². The molecule has 33 heavy (non-hydrogen) atoms. The number of carbonyl (C=O) groups is 1. The first-order chi connectivity index (χ1) is 15.9. The van der Waals surface area contributed by atoms with Crippen LogP contribution >= 0.6 is 11.7 Å². The highest BCUT2D eigenvalue weighted by molar-refractivity contribution is 6.99. The van der Waals surface area contributed by atoms with Crippen molar-refractivity contribution in [1.82, 2.24) is 8.75 Å². The van der Waals surface area contributed by atoms with Gasteiger partial charge in [0.1, 0.15) is 18.3 Å². The number of ether oxygens (including phenoxy) is 2. The van der Waals surface area contributed by atoms with E-state index < -0.39 is 6.04 Å². The average Bonchev–Trinajstić information content (AvgIpc) is 3.28. The van der Waals surface area contributed by atoms with Crippen LogP contribution in [0.1, 0.15) is 57.2 Å². The summed E-state index contributed by atoms with van der Waals surface area (Å²) in [6, 6.07) is 9.09. The lowest BCUT2D eigenvalue weighted by molar-refractivity contribution is -0.944. The molecule has 8 heteroatoms. The monoisotopic (exact) mass is 473 g/mol. The Bertz CT molecular complexity index is 917. The minimum Gasteiger partial charge on any atom is -0.475 e. The summed E-state index contributed by atoms with van der Waals surface area (Å²) in [5.41, 5.74) is 9.08. The predicted octanol–water partition coefficient (Wildman–Crippen LogP) is 4.19. The van der Waals surface area contributed by atoms with Gasteiger partial charge in [0.25, 0.3) is 5.88 Å². The van der Waals surface area contributed by atoms with Crippen molar-refractivity contribution in [2.45, 2.75) is 64.6 Å². The molecule has 0 amide bonds. The van der Waals surface area contributed by atoms with Crippen LogP contribution in [0.25, 0.3) is 5.57 Å². The third kappa shape index (κ3) is 7.09. The first-order valence-corrected chi connectivity index (χ1v) is 12.6. The van der Waals surface area contributed by atoms with Crippen LogP contribution in [0, 0.1) is 0 Å². The van der Waals surface area contributed by atoms with E-state index in [0.29, 0.717) is 29.9 Å². The number of carbonyl (C=O) groups excluding carboxylic acids is 1. The van der Waals surface area contributed by atoms with Crippen molar-refractivity contribution in [2.24, 2.45) is 5.73 Å². The highest BCUT2D eigenvalue weighted by Gasteiger charge is 2.37. The normalized spacial score (nSPS) is 20.1. The van der Waals surface area contributed by atoms with Gasteiger partial charge in [0.05, 0.1) is 31.9 Å². The van der Waals surface area contributed by atoms with Crippen LogP contribution < -0.4 is 10.5 Å². The molecular formula is C25H37N4O3S+. The van der Waals surface area contributed by atoms with Gasteiger partial charge in [-0.3, -0.25) is 9.28 Å². The summed E-state index contributed by atoms with van der Waals surface area (Å²) in [4.78, 5) is 12.7. The van der Waals surface area contributed by atoms with Crippen LogP contribution in [0.15, 0.2) is 36.4 Å². The van der Waals surface area contributed by atoms with Crippen LogP contribution in [0.3, 0.4) is 0 Å². The van der Waals surface area contributed by atoms with E-state index in [1.807, 2.05) is 37.3 Å². The van der Waals surface area contributed by atoms with Crippen LogP contribution in [0.2, 0.25) is 0 Å². The molecule has 3 rings (SSSR count). The highest BCUT2D eigenvalue weighted by atomic mass is 32.1. The van der Waals surface area contributed by atoms with E-state index in [-0.39, 0.29) is 12.2 Å². The number of benzene rings is 1. The van der Waals surface area contributed by atoms with Gasteiger partial charge < -0.3 is 15.2 Å². The molecule has 7 nitrogen and oxygen atoms in total. The van der Waals surface area contributed by atoms with E-state index in [1.165, 1.54) is 24.6 Å². The van der Waals surface area contributed by atoms with Crippen LogP contribution in [0.4, 0.5) is 0 Å². The molecule has 180 valence electrons. The molecule has 1 aromatic heterocycles. The Hall–Kier alpha value is -2.29. The second kappa shape index (κ2) is 12.3. The lowest BCUT2D eigenvalue weighted by Crippen LogP contribution is -2.56. The number of quaternary nitrogens is 1. The molecule has 2 aromatic rings. The van der Waals surface area contributed by atoms with E-state index in [9.17, 15) is 4.79 Å². The molecular weight excluding hydrogens is 436 g/mol. The number of unbranched alkanes of at least 4 members (excludes halogenated alkanes) is 3. The minimum absolute atomic E-state index is 0.326. The zero-order valence-corrected chi connectivity index (χ0v) is 20.9. The van der Waals surface area contributed by atoms with Crippen molar-refractivity contribution < 1.29 is 18.8 Å². The van der Waals surface area contributed by atoms with E-state index in [0.717, 1.165) is 42.6 Å². The third-order valence-corrected chi connectivity index (χ3v) is 6.84. The van der Waals surface area contributed by atoms with Crippen molar-refractivity contribution >= 4 is 23.3 Å². The molecule has 0 fully saturated rings. The summed E-state index contributed by atoms with van der Waals surface area (Å²) < 4.78 is 21.2. The number of esters is 1. The van der Waals surface area contributed by atoms with Crippen LogP contribution in [-0.4, -0.2) is 58.2 Å². The number of hydrogen-bond donors (Lipinski definition) is 1. The topological polar surface area (TPSA) is 87.3 Å². The van der Waals surface area contributed by atoms with Gasteiger partial charge in [0.15, 0.2) is 0 Å². The van der Waals surface area contributed by atoms with E-state index >= 15 is 0 Å². The number of likely N-dealkylation sites (N-methyl/N-ethyl adjacent to an activating group) is 1. The van der Waals surface area contributed by atoms with Gasteiger partial charge >= 0.3 is 5.97 Å². The standard InChI is InChI=1S/C25H37N4O3S/c1-4-5-6-10-16-31-24-23(27-33-28-24)21-14-11-15-29(3,18-21)19(2)32-25(30)22(26)17-20-12-8-7-9-13-20/h7-9,12-14,19,22H,4-6,10-11,15-18,26H2,1-3H3/q+1/t19-,22+,29?/m1/s1. The Morgan fingerprint density at radius 2 is 2.00 bits per heavy atom. The zero-order chi connectivity index (χ0) is 23.7. The summed E-state index contributed by atoms with van der Waals surface area (Å²) in [6.45, 7) is 6.37. The summed E-state index contributed by atoms with van der Waals surface area (Å²) in [7, 11) is 2.11. The lowest BCUT2D eigenvalue weighted by Gasteiger charge is -2.41. The Morgan fingerprint density at radius 3 is 2.76 bits per heavy atom. The molecule has 1 aromatic carbocycles. The van der Waals surface area contributed by atoms with Crippen molar-refractivity contribution in [3.8, 4) is 5.88 Å². The third-order valence-electron chi connectivity index (χ3n) is 6.33. The van der Waals surface area contributed by atoms with Crippen molar-refractivity contribution in [3.05, 3.63) is 47.7 Å². The SMILES string of the molecule is CCCCCCOc1nsnc1C1=CCC[N+](C)([C@@H](C)OC(=O)[C@@H](N)Cc2ccccc2)C1. The summed E-state index contributed by atoms with van der Waals surface area (Å²) in [5.74, 6) is 0.249. The molecule has 2 heterocycles. The summed E-state index contributed by atoms with van der Waals surface area (Å²) in [6.07, 6.45) is 7.82. The van der Waals surface area contributed by atoms with Gasteiger partial charge in [-0.25, -0.2) is 0 Å². The Kier molecular flexibility index (Phi) is 9.41. The fraction of sp³-hybridized carbons (Fsp3) is 0.560. The van der Waals surface area contributed by atoms with Crippen molar-refractivity contribution in [2.75, 3.05) is 26.7 Å². The summed E-state index contributed by atoms with van der Waals surface area (Å²) in [5, 5.41) is 0. The minimum atomic E-state index is -0.684. The van der Waals surface area contributed by atoms with Gasteiger partial charge in [-0.2, -0.15) is 4.37 Å². The quantitative estimate of drug-likeness (QED) is 0.283. The Balaban J connectivity index is 1.57. The molecule has 2 N–H and O–H groups in total. The van der Waals surface area contributed by atoms with Crippen LogP contribution in [-0.2, 0) is 16.0 Å². The maximum absolute atomic E-state index is 12.7. The molecule has 0 bridgehead atoms. The maximum atomic E-state index is 12.7. The highest BCUT2D eigenvalue weighted by Crippen LogP contribution is 2.31. The fourth-order valence-electron chi connectivity index (χ4n) is 4.05. The molecule has 1 aliphatic rings. The van der Waals surface area contributed by atoms with E-state index in [4.69, 9.17) is 15.2 Å². The molecule has 0 aliphatic carbocycles. The molecule has 0 saturated heterocycles. The fourth-order valence-corrected chi connectivity index (χ4v) is 4.58. The van der Waals surface area contributed by atoms with E-state index in [2.05, 4.69) is 28.8 Å². The average molecular weight is 474 g/mol. The Labute approximate surface area is 201 Å². The maximum Gasteiger partial charge on any atom is 0.327 e. The smallest absolute Gasteiger partial charge is 0.327 e. The molecule has 0 radical (unpaired) electrons. The number of aromatic nitrogens is 2. The molecule has 0 saturated carbocycles. The van der Waals surface area contributed by atoms with Gasteiger partial charge in [0, 0.05) is 18.9 Å². The predicted molar refractivity (Wildman–Crippen MR) is 132 cm³/mol. The molecule has 1 aliphatic heterocycles. The first-order valence-electron chi connectivity index (χ1n) is 11.9. The van der Waals surface area contributed by atoms with Crippen molar-refractivity contribution in [1.29, 1.82) is 0 Å². The number of hydrogen-bond acceptors (Lipinski definition) is 7. The number of nitrogens with two attached hydrogens (primary N) is 1. The summed E-state index contributed by atoms with van der Waals surface area (Å²) >= 11 is 1.18. The molecule has 1 unspecified atom stereocenters. The first kappa shape index (κ1) is 25.3. The second-order valence-electron chi connectivity index (χ2n) is 9.04.